The van der Waals surface area contributed by atoms with Crippen molar-refractivity contribution < 1.29 is 19.5 Å². The SMILES string of the molecule is O=C(O)CC(=O)CCNC(=O)C(Cl)(Cl)Cl. The lowest BCUT2D eigenvalue weighted by Gasteiger charge is -2.10. The Bertz CT molecular complexity index is 274. The lowest BCUT2D eigenvalue weighted by molar-refractivity contribution is -0.140. The van der Waals surface area contributed by atoms with Gasteiger partial charge < -0.3 is 10.4 Å². The number of alkyl halides is 3. The molecule has 0 atom stereocenters. The number of aliphatic carboxylic acids is 1. The van der Waals surface area contributed by atoms with Crippen molar-refractivity contribution in [3.8, 4) is 0 Å². The average Bonchev–Trinajstić information content (AvgIpc) is 2.00. The fourth-order valence-corrected chi connectivity index (χ4v) is 0.873. The number of hydrogen-bond donors (Lipinski definition) is 2. The molecule has 86 valence electrons. The molecule has 0 unspecified atom stereocenters. The highest BCUT2D eigenvalue weighted by molar-refractivity contribution is 6.76. The van der Waals surface area contributed by atoms with Gasteiger partial charge in [-0.2, -0.15) is 0 Å². The molecule has 0 saturated carbocycles. The molecule has 0 aromatic heterocycles. The van der Waals surface area contributed by atoms with Gasteiger partial charge in [0.05, 0.1) is 0 Å². The van der Waals surface area contributed by atoms with Gasteiger partial charge in [0.1, 0.15) is 12.2 Å². The van der Waals surface area contributed by atoms with Crippen molar-refractivity contribution in [1.82, 2.24) is 5.32 Å². The summed E-state index contributed by atoms with van der Waals surface area (Å²) in [6.07, 6.45) is -0.692. The van der Waals surface area contributed by atoms with Crippen molar-refractivity contribution in [3.05, 3.63) is 0 Å². The van der Waals surface area contributed by atoms with Crippen LogP contribution < -0.4 is 5.32 Å². The smallest absolute Gasteiger partial charge is 0.310 e. The van der Waals surface area contributed by atoms with Crippen LogP contribution in [0.5, 0.6) is 0 Å². The Morgan fingerprint density at radius 3 is 2.13 bits per heavy atom. The molecule has 0 aromatic rings. The van der Waals surface area contributed by atoms with Crippen molar-refractivity contribution in [2.24, 2.45) is 0 Å². The summed E-state index contributed by atoms with van der Waals surface area (Å²) >= 11 is 15.7. The second kappa shape index (κ2) is 6.15. The Morgan fingerprint density at radius 1 is 1.20 bits per heavy atom. The minimum Gasteiger partial charge on any atom is -0.481 e. The second-order valence-electron chi connectivity index (χ2n) is 2.61. The van der Waals surface area contributed by atoms with Gasteiger partial charge in [0.2, 0.25) is 0 Å². The molecular weight excluding hydrogens is 268 g/mol. The molecule has 2 N–H and O–H groups in total. The second-order valence-corrected chi connectivity index (χ2v) is 4.89. The van der Waals surface area contributed by atoms with Gasteiger partial charge in [-0.05, 0) is 0 Å². The first kappa shape index (κ1) is 14.5. The van der Waals surface area contributed by atoms with Gasteiger partial charge in [-0.15, -0.1) is 0 Å². The van der Waals surface area contributed by atoms with E-state index in [1.54, 1.807) is 0 Å². The molecule has 5 nitrogen and oxygen atoms in total. The van der Waals surface area contributed by atoms with Crippen molar-refractivity contribution in [2.75, 3.05) is 6.54 Å². The summed E-state index contributed by atoms with van der Waals surface area (Å²) in [5.41, 5.74) is 0. The highest BCUT2D eigenvalue weighted by Crippen LogP contribution is 2.25. The molecule has 0 bridgehead atoms. The maximum Gasteiger partial charge on any atom is 0.310 e. The Balaban J connectivity index is 3.76. The zero-order valence-corrected chi connectivity index (χ0v) is 9.69. The average molecular weight is 277 g/mol. The van der Waals surface area contributed by atoms with Gasteiger partial charge >= 0.3 is 5.97 Å². The van der Waals surface area contributed by atoms with Crippen molar-refractivity contribution in [1.29, 1.82) is 0 Å². The van der Waals surface area contributed by atoms with Crippen LogP contribution in [0.3, 0.4) is 0 Å². The van der Waals surface area contributed by atoms with Crippen LogP contribution in [0.2, 0.25) is 0 Å². The summed E-state index contributed by atoms with van der Waals surface area (Å²) in [4.78, 5) is 31.9. The highest BCUT2D eigenvalue weighted by Gasteiger charge is 2.30. The third-order valence-electron chi connectivity index (χ3n) is 1.30. The Morgan fingerprint density at radius 2 is 1.73 bits per heavy atom. The van der Waals surface area contributed by atoms with Crippen LogP contribution in [0.1, 0.15) is 12.8 Å². The molecule has 1 amide bonds. The summed E-state index contributed by atoms with van der Waals surface area (Å²) in [6.45, 7) is -0.0567. The molecule has 0 aliphatic heterocycles. The first-order valence-corrected chi connectivity index (χ1v) is 4.95. The fourth-order valence-electron chi connectivity index (χ4n) is 0.673. The topological polar surface area (TPSA) is 83.5 Å². The molecule has 8 heteroatoms. The summed E-state index contributed by atoms with van der Waals surface area (Å²) in [6, 6.07) is 0. The number of carbonyl (C=O) groups excluding carboxylic acids is 2. The molecule has 15 heavy (non-hydrogen) atoms. The van der Waals surface area contributed by atoms with Gasteiger partial charge in [0.15, 0.2) is 0 Å². The maximum atomic E-state index is 10.9. The van der Waals surface area contributed by atoms with E-state index in [1.807, 2.05) is 0 Å². The Hall–Kier alpha value is -0.520. The van der Waals surface area contributed by atoms with Crippen LogP contribution in [0.15, 0.2) is 0 Å². The largest absolute Gasteiger partial charge is 0.481 e. The first-order chi connectivity index (χ1) is 6.73. The summed E-state index contributed by atoms with van der Waals surface area (Å²) in [5.74, 6) is -2.57. The molecule has 0 heterocycles. The van der Waals surface area contributed by atoms with Crippen LogP contribution in [-0.4, -0.2) is 33.1 Å². The predicted octanol–water partition coefficient (Wildman–Crippen LogP) is 0.907. The van der Waals surface area contributed by atoms with E-state index in [0.29, 0.717) is 0 Å². The molecule has 0 radical (unpaired) electrons. The van der Waals surface area contributed by atoms with Gasteiger partial charge in [-0.1, -0.05) is 34.8 Å². The van der Waals surface area contributed by atoms with Crippen LogP contribution in [0.25, 0.3) is 0 Å². The van der Waals surface area contributed by atoms with Crippen molar-refractivity contribution >= 4 is 52.5 Å². The third kappa shape index (κ3) is 7.41. The first-order valence-electron chi connectivity index (χ1n) is 3.82. The monoisotopic (exact) mass is 275 g/mol. The standard InChI is InChI=1S/C7H8Cl3NO4/c8-7(9,10)6(15)11-2-1-4(12)3-5(13)14/h1-3H2,(H,11,15)(H,13,14). The van der Waals surface area contributed by atoms with E-state index < -0.39 is 27.9 Å². The molecule has 0 spiro atoms. The number of carboxylic acid groups (broad SMARTS) is 1. The minimum atomic E-state index is -2.07. The van der Waals surface area contributed by atoms with E-state index in [0.717, 1.165) is 0 Å². The quantitative estimate of drug-likeness (QED) is 0.577. The van der Waals surface area contributed by atoms with E-state index >= 15 is 0 Å². The van der Waals surface area contributed by atoms with E-state index in [4.69, 9.17) is 39.9 Å². The van der Waals surface area contributed by atoms with Crippen LogP contribution in [-0.2, 0) is 14.4 Å². The number of Topliss-reactive ketones (excluding diaryl/α,β-unsaturated/α-hetero) is 1. The molecule has 0 fully saturated rings. The van der Waals surface area contributed by atoms with Crippen LogP contribution in [0.4, 0.5) is 0 Å². The number of halogens is 3. The fraction of sp³-hybridized carbons (Fsp3) is 0.571. The van der Waals surface area contributed by atoms with Crippen LogP contribution in [0, 0.1) is 0 Å². The molecule has 0 saturated heterocycles. The van der Waals surface area contributed by atoms with Crippen molar-refractivity contribution in [3.63, 3.8) is 0 Å². The minimum absolute atomic E-state index is 0.0567. The Labute approximate surface area is 101 Å². The van der Waals surface area contributed by atoms with Gasteiger partial charge in [-0.25, -0.2) is 0 Å². The Kier molecular flexibility index (Phi) is 5.93. The molecule has 0 aromatic carbocycles. The maximum absolute atomic E-state index is 10.9. The molecule has 0 aliphatic rings. The number of amides is 1. The molecular formula is C7H8Cl3NO4. The number of hydrogen-bond acceptors (Lipinski definition) is 3. The molecule has 0 rings (SSSR count). The normalized spacial score (nSPS) is 10.9. The predicted molar refractivity (Wildman–Crippen MR) is 55.2 cm³/mol. The van der Waals surface area contributed by atoms with E-state index in [-0.39, 0.29) is 13.0 Å². The van der Waals surface area contributed by atoms with E-state index in [9.17, 15) is 14.4 Å². The number of rotatable bonds is 5. The van der Waals surface area contributed by atoms with Gasteiger partial charge in [-0.3, -0.25) is 14.4 Å². The van der Waals surface area contributed by atoms with Crippen molar-refractivity contribution in [2.45, 2.75) is 16.6 Å². The van der Waals surface area contributed by atoms with Gasteiger partial charge in [0, 0.05) is 13.0 Å². The third-order valence-corrected chi connectivity index (χ3v) is 1.81. The summed E-state index contributed by atoms with van der Waals surface area (Å²) in [5, 5.41) is 10.4. The van der Waals surface area contributed by atoms with Gasteiger partial charge in [0.25, 0.3) is 9.70 Å². The number of ketones is 1. The number of carboxylic acids is 1. The van der Waals surface area contributed by atoms with Crippen LogP contribution >= 0.6 is 34.8 Å². The zero-order chi connectivity index (χ0) is 12.1. The molecule has 0 aliphatic carbocycles. The highest BCUT2D eigenvalue weighted by atomic mass is 35.6. The number of carbonyl (C=O) groups is 3. The van der Waals surface area contributed by atoms with E-state index in [1.165, 1.54) is 0 Å². The number of nitrogens with one attached hydrogen (secondary N) is 1. The zero-order valence-electron chi connectivity index (χ0n) is 7.43. The lowest BCUT2D eigenvalue weighted by Crippen LogP contribution is -2.35. The van der Waals surface area contributed by atoms with E-state index in [2.05, 4.69) is 5.32 Å². The summed E-state index contributed by atoms with van der Waals surface area (Å²) < 4.78 is -2.07. The summed E-state index contributed by atoms with van der Waals surface area (Å²) in [7, 11) is 0. The lowest BCUT2D eigenvalue weighted by atomic mass is 10.2.